The van der Waals surface area contributed by atoms with Crippen molar-refractivity contribution in [3.8, 4) is 23.4 Å². The lowest BCUT2D eigenvalue weighted by Gasteiger charge is -2.26. The zero-order valence-corrected chi connectivity index (χ0v) is 49.1. The Morgan fingerprint density at radius 3 is 2.10 bits per heavy atom. The molecule has 8 N–H and O–H groups in total. The van der Waals surface area contributed by atoms with Crippen LogP contribution < -0.4 is 9.64 Å². The molecule has 0 atom stereocenters. The van der Waals surface area contributed by atoms with Crippen molar-refractivity contribution in [3.05, 3.63) is 82.9 Å². The Balaban J connectivity index is 0.00000194. The first kappa shape index (κ1) is 65.0. The van der Waals surface area contributed by atoms with Crippen LogP contribution in [0.15, 0.2) is 112 Å². The van der Waals surface area contributed by atoms with Gasteiger partial charge in [0.05, 0.1) is 85.0 Å². The summed E-state index contributed by atoms with van der Waals surface area (Å²) in [7, 11) is -11.9. The lowest BCUT2D eigenvalue weighted by molar-refractivity contribution is -0.432. The van der Waals surface area contributed by atoms with Crippen molar-refractivity contribution in [1.29, 1.82) is 5.26 Å². The second-order valence-corrected chi connectivity index (χ2v) is 24.7. The molecule has 5 aromatic carbocycles. The van der Waals surface area contributed by atoms with Gasteiger partial charge in [-0.2, -0.15) is 30.5 Å². The van der Waals surface area contributed by atoms with Crippen LogP contribution in [0.4, 0.5) is 39.3 Å². The van der Waals surface area contributed by atoms with Crippen LogP contribution in [0.5, 0.6) is 17.4 Å². The zero-order valence-electron chi connectivity index (χ0n) is 42.6. The third-order valence-corrected chi connectivity index (χ3v) is 16.0. The SMILES string of the molecule is COc1cc(N=Nc2c(SOOO)cc3cc(S(=O)(=O)O)c(N=Nc4c(C)c(C#N)c5nc6ccccc6n5c4O)cc3c2O)c(N(CCCSOOO)CCCS(=O)(=O)O)cc1N=Nc1nc2cc(SOOO)c(Cl)cc2s1.CS(=O)(=O)O. The molecule has 8 rings (SSSR count). The van der Waals surface area contributed by atoms with Crippen molar-refractivity contribution < 1.29 is 97.7 Å². The van der Waals surface area contributed by atoms with Gasteiger partial charge in [0, 0.05) is 47.9 Å². The lowest BCUT2D eigenvalue weighted by atomic mass is 10.1. The summed E-state index contributed by atoms with van der Waals surface area (Å²) in [6.07, 6.45) is 0.871. The Morgan fingerprint density at radius 2 is 1.43 bits per heavy atom. The number of benzene rings is 5. The highest BCUT2D eigenvalue weighted by Crippen LogP contribution is 2.49. The first-order valence-electron chi connectivity index (χ1n) is 22.8. The molecule has 0 saturated heterocycles. The lowest BCUT2D eigenvalue weighted by Crippen LogP contribution is -2.27. The van der Waals surface area contributed by atoms with Gasteiger partial charge in [-0.3, -0.25) is 18.1 Å². The molecule has 446 valence electrons. The first-order chi connectivity index (χ1) is 39.9. The van der Waals surface area contributed by atoms with E-state index in [1.807, 2.05) is 6.07 Å². The van der Waals surface area contributed by atoms with Gasteiger partial charge < -0.3 is 19.8 Å². The van der Waals surface area contributed by atoms with Gasteiger partial charge in [-0.05, 0) is 73.7 Å². The van der Waals surface area contributed by atoms with Gasteiger partial charge in [-0.25, -0.2) is 25.7 Å². The number of pyridine rings is 1. The van der Waals surface area contributed by atoms with Gasteiger partial charge in [-0.1, -0.05) is 50.2 Å². The highest BCUT2D eigenvalue weighted by molar-refractivity contribution is 7.95. The van der Waals surface area contributed by atoms with Gasteiger partial charge in [0.1, 0.15) is 45.0 Å². The summed E-state index contributed by atoms with van der Waals surface area (Å²) in [6.45, 7) is 1.52. The van der Waals surface area contributed by atoms with E-state index in [1.165, 1.54) is 36.6 Å². The molecule has 84 heavy (non-hydrogen) atoms. The number of rotatable bonds is 25. The highest BCUT2D eigenvalue weighted by atomic mass is 35.5. The molecule has 0 saturated carbocycles. The fourth-order valence-corrected chi connectivity index (χ4v) is 11.3. The first-order valence-corrected chi connectivity index (χ1v) is 31.3. The van der Waals surface area contributed by atoms with Gasteiger partial charge >= 0.3 is 0 Å². The van der Waals surface area contributed by atoms with E-state index in [4.69, 9.17) is 41.0 Å². The number of nitriles is 1. The predicted octanol–water partition coefficient (Wildman–Crippen LogP) is 11.9. The molecule has 0 aliphatic heterocycles. The Hall–Kier alpha value is -6.60. The molecule has 40 heteroatoms. The Kier molecular flexibility index (Phi) is 22.1. The van der Waals surface area contributed by atoms with E-state index in [-0.39, 0.29) is 115 Å². The van der Waals surface area contributed by atoms with Crippen molar-refractivity contribution in [2.75, 3.05) is 42.9 Å². The quantitative estimate of drug-likeness (QED) is 0.00658. The number of phenols is 1. The number of phenolic OH excluding ortho intramolecular Hbond substituents is 1. The topological polar surface area (TPSA) is 460 Å². The standard InChI is InChI=1S/C43H36ClN11O18S6.CH4O3S/c1-21-24(20-45)41-46-26-7-3-4-8-31(26)55(41)42(57)38(21)51-50-30-15-23-22(14-37(30)79(64,65)66)13-36(77-73-70-60)39(40(23)56)52-48-27-18-33(67-2)28(17-32(27)54(9-5-11-74-71-68-58)10-6-12-78(61,62)63)49-53-43-47-29-19-34(76-72-69-59)25(44)16-35(29)75-43;1-5(2,3)4/h3-4,7-8,13-19,56-60H,5-6,9-12H2,1-2H3,(H,61,62,63)(H,64,65,66);1H3,(H,2,3,4). The average Bonchev–Trinajstić information content (AvgIpc) is 2.38. The summed E-state index contributed by atoms with van der Waals surface area (Å²) in [6, 6.07) is 17.9. The van der Waals surface area contributed by atoms with E-state index < -0.39 is 64.0 Å². The highest BCUT2D eigenvalue weighted by Gasteiger charge is 2.26. The number of aromatic nitrogens is 3. The van der Waals surface area contributed by atoms with Crippen LogP contribution in [-0.2, 0) is 58.5 Å². The van der Waals surface area contributed by atoms with E-state index in [0.29, 0.717) is 44.4 Å². The molecule has 0 unspecified atom stereocenters. The second kappa shape index (κ2) is 28.5. The largest absolute Gasteiger partial charge is 0.505 e. The van der Waals surface area contributed by atoms with Crippen molar-refractivity contribution in [2.45, 2.75) is 34.5 Å². The molecule has 32 nitrogen and oxygen atoms in total. The maximum absolute atomic E-state index is 12.9. The number of methoxy groups -OCH3 is 1. The Morgan fingerprint density at radius 1 is 0.774 bits per heavy atom. The minimum absolute atomic E-state index is 0.0134. The normalized spacial score (nSPS) is 12.4. The minimum atomic E-state index is -5.14. The van der Waals surface area contributed by atoms with Gasteiger partial charge in [0.15, 0.2) is 17.1 Å². The molecule has 0 fully saturated rings. The molecule has 0 bridgehead atoms. The summed E-state index contributed by atoms with van der Waals surface area (Å²) >= 11 is 9.13. The monoisotopic (exact) mass is 1320 g/mol. The molecular weight excluding hydrogens is 1280 g/mol. The predicted molar refractivity (Wildman–Crippen MR) is 303 cm³/mol. The van der Waals surface area contributed by atoms with Gasteiger partial charge in [0.25, 0.3) is 30.4 Å². The maximum atomic E-state index is 12.9. The van der Waals surface area contributed by atoms with Crippen LogP contribution in [-0.4, -0.2) is 117 Å². The second-order valence-electron chi connectivity index (χ2n) is 16.6. The van der Waals surface area contributed by atoms with Crippen LogP contribution in [0.25, 0.3) is 37.7 Å². The molecule has 0 amide bonds. The van der Waals surface area contributed by atoms with Crippen molar-refractivity contribution in [1.82, 2.24) is 14.4 Å². The number of imidazole rings is 1. The minimum Gasteiger partial charge on any atom is -0.505 e. The molecule has 0 radical (unpaired) electrons. The number of anilines is 1. The molecular formula is C44H40ClN11O21S7. The number of thiazole rings is 1. The number of para-hydroxylation sites is 2. The molecule has 3 heterocycles. The van der Waals surface area contributed by atoms with Gasteiger partial charge in [-0.15, -0.1) is 43.7 Å². The number of halogens is 1. The smallest absolute Gasteiger partial charge is 0.296 e. The number of hydrogen-bond acceptors (Lipinski definition) is 32. The summed E-state index contributed by atoms with van der Waals surface area (Å²) in [5.74, 6) is -1.63. The molecule has 3 aromatic heterocycles. The van der Waals surface area contributed by atoms with E-state index in [1.54, 1.807) is 41.3 Å². The fraction of sp³-hybridized carbons (Fsp3) is 0.205. The van der Waals surface area contributed by atoms with Crippen LogP contribution in [0, 0.1) is 18.3 Å². The summed E-state index contributed by atoms with van der Waals surface area (Å²) < 4.78 is 117. The maximum Gasteiger partial charge on any atom is 0.296 e. The van der Waals surface area contributed by atoms with Crippen molar-refractivity contribution in [3.63, 3.8) is 0 Å². The molecule has 8 aromatic rings. The third kappa shape index (κ3) is 16.4. The van der Waals surface area contributed by atoms with E-state index in [9.17, 15) is 49.8 Å². The molecule has 0 spiro atoms. The molecule has 0 aliphatic rings. The van der Waals surface area contributed by atoms with Crippen LogP contribution in [0.1, 0.15) is 24.0 Å². The molecule has 0 aliphatic carbocycles. The average molecular weight is 1320 g/mol. The number of ether oxygens (including phenoxy) is 1. The van der Waals surface area contributed by atoms with Crippen molar-refractivity contribution >= 4 is 166 Å². The summed E-state index contributed by atoms with van der Waals surface area (Å²) in [5, 5.41) is 97.3. The summed E-state index contributed by atoms with van der Waals surface area (Å²) in [5.41, 5.74) is 0.511. The number of hydrogen-bond donors (Lipinski definition) is 8. The van der Waals surface area contributed by atoms with Crippen LogP contribution >= 0.6 is 59.1 Å². The zero-order chi connectivity index (χ0) is 61.1. The van der Waals surface area contributed by atoms with E-state index in [2.05, 4.69) is 64.4 Å². The van der Waals surface area contributed by atoms with Crippen LogP contribution in [0.3, 0.4) is 0 Å². The Labute approximate surface area is 495 Å². The number of azo groups is 3. The van der Waals surface area contributed by atoms with Gasteiger partial charge in [0.2, 0.25) is 11.0 Å². The number of nitrogens with zero attached hydrogens (tertiary/aromatic N) is 11. The number of fused-ring (bicyclic) bond motifs is 5. The van der Waals surface area contributed by atoms with E-state index in [0.717, 1.165) is 35.5 Å². The van der Waals surface area contributed by atoms with E-state index >= 15 is 0 Å². The van der Waals surface area contributed by atoms with Crippen LogP contribution in [0.2, 0.25) is 5.02 Å². The Bertz CT molecular complexity index is 4260. The number of aromatic hydroxyl groups is 2. The fourth-order valence-electron chi connectivity index (χ4n) is 7.74. The summed E-state index contributed by atoms with van der Waals surface area (Å²) in [4.78, 5) is 9.95. The third-order valence-electron chi connectivity index (χ3n) is 11.1. The van der Waals surface area contributed by atoms with Crippen molar-refractivity contribution in [2.24, 2.45) is 30.7 Å².